The summed E-state index contributed by atoms with van der Waals surface area (Å²) in [5.74, 6) is -3.03. The number of azo groups is 5. The fraction of sp³-hybridized carbons (Fsp3) is 0.158. The van der Waals surface area contributed by atoms with Crippen molar-refractivity contribution in [2.24, 2.45) is 51.1 Å². The highest BCUT2D eigenvalue weighted by Crippen LogP contribution is 2.52. The van der Waals surface area contributed by atoms with Gasteiger partial charge < -0.3 is 30.5 Å². The average molecular weight is 1660 g/mol. The number of aromatic hydroxyl groups is 3. The Morgan fingerprint density at radius 3 is 1.50 bits per heavy atom. The first-order chi connectivity index (χ1) is 50.8. The molecule has 9 aromatic rings. The van der Waals surface area contributed by atoms with Crippen LogP contribution >= 0.6 is 36.1 Å². The number of hydrogen-bond donors (Lipinski definition) is 12. The molecule has 43 nitrogen and oxygen atoms in total. The molecule has 0 amide bonds. The van der Waals surface area contributed by atoms with E-state index in [-0.39, 0.29) is 111 Å². The van der Waals surface area contributed by atoms with Gasteiger partial charge in [-0.2, -0.15) is 52.3 Å². The zero-order chi connectivity index (χ0) is 79.0. The van der Waals surface area contributed by atoms with Gasteiger partial charge in [0.25, 0.3) is 56.3 Å². The van der Waals surface area contributed by atoms with Crippen molar-refractivity contribution in [3.05, 3.63) is 124 Å². The zero-order valence-electron chi connectivity index (χ0n) is 54.3. The van der Waals surface area contributed by atoms with Crippen LogP contribution in [-0.4, -0.2) is 126 Å². The third-order valence-corrected chi connectivity index (χ3v) is 20.8. The van der Waals surface area contributed by atoms with Gasteiger partial charge in [-0.25, -0.2) is 15.8 Å². The summed E-state index contributed by atoms with van der Waals surface area (Å²) in [6.45, 7) is 4.28. The van der Waals surface area contributed by atoms with Gasteiger partial charge in [0.2, 0.25) is 0 Å². The molecular formula is C57H50N12O31S8. The van der Waals surface area contributed by atoms with E-state index in [1.54, 1.807) is 0 Å². The maximum Gasteiger partial charge on any atom is 0.297 e. The summed E-state index contributed by atoms with van der Waals surface area (Å²) in [5.41, 5.74) is 1.61. The molecule has 9 aromatic carbocycles. The fourth-order valence-electron chi connectivity index (χ4n) is 9.87. The molecule has 51 heteroatoms. The minimum atomic E-state index is -5.70. The van der Waals surface area contributed by atoms with Crippen LogP contribution in [0, 0.1) is 30.9 Å². The molecular weight excluding hydrogens is 1610 g/mol. The van der Waals surface area contributed by atoms with Gasteiger partial charge in [-0.3, -0.25) is 32.9 Å². The largest absolute Gasteiger partial charge is 0.507 e. The van der Waals surface area contributed by atoms with Crippen molar-refractivity contribution < 1.29 is 138 Å². The van der Waals surface area contributed by atoms with Crippen LogP contribution < -0.4 is 15.2 Å². The van der Waals surface area contributed by atoms with Crippen LogP contribution in [0.15, 0.2) is 178 Å². The molecule has 0 atom stereocenters. The Morgan fingerprint density at radius 2 is 0.963 bits per heavy atom. The number of aryl methyl sites for hydroxylation is 3. The lowest BCUT2D eigenvalue weighted by Crippen LogP contribution is -2.03. The van der Waals surface area contributed by atoms with Gasteiger partial charge in [-0.05, 0) is 122 Å². The summed E-state index contributed by atoms with van der Waals surface area (Å²) in [7, 11) is -26.8. The molecule has 0 radical (unpaired) electrons. The molecule has 0 heterocycles. The minimum absolute atomic E-state index is 0.00477. The van der Waals surface area contributed by atoms with Gasteiger partial charge in [0.05, 0.1) is 78.4 Å². The standard InChI is InChI=1S/C57H50N12O31S8/c1-26-6-8-35(43(14-26)69(73)74)59-67-53-47(103-100-97-77)21-34-48(106(84,85)86)25-42(52(58)51(34)56(53)72)66-60-36-9-7-32-33(57(36)108(90,91)92)22-49(107(87,88)89)54(55(32)71)68-64-40-16-28(3)37(23-46(40)94-11-5-13-102-99-96-76)61-63-39-15-27(2)38(24-45(39)93-10-4-12-101-98-95-75)62-65-41-19-30(104(78,79)80)17-29-18-31(105(81,82)83)20-44(70)50(29)41/h6-9,14-25,70-72,75-77H,4-5,10-13,58H2,1-3H3,(H,78,79,80)(H,81,82,83)(H,84,85,86)(H,87,88,89)(H,90,91,92). The number of phenolic OH excluding ortho intramolecular Hbond substituents is 3. The lowest BCUT2D eigenvalue weighted by Gasteiger charge is -2.15. The number of phenols is 3. The van der Waals surface area contributed by atoms with Gasteiger partial charge in [0.1, 0.15) is 66.1 Å². The third-order valence-electron chi connectivity index (χ3n) is 14.6. The number of nitrogen functional groups attached to an aromatic ring is 1. The van der Waals surface area contributed by atoms with Crippen LogP contribution in [0.1, 0.15) is 29.5 Å². The van der Waals surface area contributed by atoms with Crippen LogP contribution in [0.5, 0.6) is 28.7 Å². The molecule has 108 heavy (non-hydrogen) atoms. The van der Waals surface area contributed by atoms with E-state index < -0.39 is 163 Å². The number of nitro groups is 1. The number of rotatable bonds is 33. The number of ether oxygens (including phenoxy) is 2. The second-order valence-corrected chi connectivity index (χ2v) is 31.0. The Hall–Kier alpha value is -9.80. The van der Waals surface area contributed by atoms with E-state index in [0.29, 0.717) is 47.8 Å². The Morgan fingerprint density at radius 1 is 0.463 bits per heavy atom. The molecule has 0 fully saturated rings. The summed E-state index contributed by atoms with van der Waals surface area (Å²) in [4.78, 5) is 5.20. The number of anilines is 1. The minimum Gasteiger partial charge on any atom is -0.507 e. The molecule has 0 aromatic heterocycles. The van der Waals surface area contributed by atoms with Crippen LogP contribution in [0.3, 0.4) is 0 Å². The predicted octanol–water partition coefficient (Wildman–Crippen LogP) is 15.1. The zero-order valence-corrected chi connectivity index (χ0v) is 60.9. The van der Waals surface area contributed by atoms with Crippen molar-refractivity contribution in [3.63, 3.8) is 0 Å². The third kappa shape index (κ3) is 19.5. The fourth-order valence-corrected chi connectivity index (χ4v) is 14.3. The molecule has 0 spiro atoms. The van der Waals surface area contributed by atoms with Crippen LogP contribution in [-0.2, 0) is 78.7 Å². The lowest BCUT2D eigenvalue weighted by molar-refractivity contribution is -0.432. The molecule has 0 saturated carbocycles. The monoisotopic (exact) mass is 1650 g/mol. The van der Waals surface area contributed by atoms with Crippen molar-refractivity contribution in [1.29, 1.82) is 0 Å². The average Bonchev–Trinajstić information content (AvgIpc) is 0.748. The molecule has 0 saturated heterocycles. The molecule has 0 aliphatic heterocycles. The van der Waals surface area contributed by atoms with Gasteiger partial charge in [-0.1, -0.05) is 21.2 Å². The van der Waals surface area contributed by atoms with E-state index in [1.807, 2.05) is 0 Å². The number of hydrogen-bond acceptors (Lipinski definition) is 40. The van der Waals surface area contributed by atoms with Crippen molar-refractivity contribution in [3.8, 4) is 28.7 Å². The molecule has 0 bridgehead atoms. The van der Waals surface area contributed by atoms with Crippen LogP contribution in [0.2, 0.25) is 0 Å². The van der Waals surface area contributed by atoms with E-state index in [9.17, 15) is 90.3 Å². The molecule has 0 aliphatic carbocycles. The first-order valence-electron chi connectivity index (χ1n) is 29.2. The highest BCUT2D eigenvalue weighted by molar-refractivity contribution is 7.95. The quantitative estimate of drug-likeness (QED) is 0.00266. The Labute approximate surface area is 619 Å². The molecule has 9 rings (SSSR count). The molecule has 572 valence electrons. The van der Waals surface area contributed by atoms with Crippen LogP contribution in [0.4, 0.5) is 68.2 Å². The Balaban J connectivity index is 1.12. The van der Waals surface area contributed by atoms with E-state index in [0.717, 1.165) is 42.5 Å². The second kappa shape index (κ2) is 34.2. The number of nitro benzene ring substituents is 1. The Bertz CT molecular complexity index is 5860. The van der Waals surface area contributed by atoms with Crippen molar-refractivity contribution in [1.82, 2.24) is 0 Å². The van der Waals surface area contributed by atoms with Crippen LogP contribution in [0.25, 0.3) is 32.3 Å². The van der Waals surface area contributed by atoms with E-state index in [4.69, 9.17) is 31.0 Å². The first kappa shape index (κ1) is 82.3. The molecule has 13 N–H and O–H groups in total. The number of nitrogens with two attached hydrogens (primary N) is 1. The summed E-state index contributed by atoms with van der Waals surface area (Å²) >= 11 is 1.45. The molecule has 0 unspecified atom stereocenters. The SMILES string of the molecule is Cc1ccc(N=Nc2c(SOOO)cc3c(S(=O)(=O)O)cc(N=Nc4ccc5c(O)c(N=Nc6cc(C)c(N=Nc7cc(C)c(N=Nc8cc(S(=O)(=O)O)cc9cc(S(=O)(=O)O)cc(O)c89)cc7OCCCSOOO)cc6OCCCSOOO)c(S(=O)(=O)O)cc5c4S(=O)(=O)O)c(N)c3c2O)c([N+](=O)[O-])c1. The van der Waals surface area contributed by atoms with Crippen molar-refractivity contribution in [2.75, 3.05) is 30.5 Å². The van der Waals surface area contributed by atoms with E-state index in [1.165, 1.54) is 57.2 Å². The van der Waals surface area contributed by atoms with E-state index in [2.05, 4.69) is 79.3 Å². The maximum atomic E-state index is 13.4. The topological polar surface area (TPSA) is 660 Å². The second-order valence-electron chi connectivity index (χ2n) is 21.8. The van der Waals surface area contributed by atoms with Gasteiger partial charge in [-0.15, -0.1) is 53.9 Å². The smallest absolute Gasteiger partial charge is 0.297 e. The maximum absolute atomic E-state index is 13.4. The summed E-state index contributed by atoms with van der Waals surface area (Å²) < 4.78 is 205. The normalized spacial score (nSPS) is 12.8. The summed E-state index contributed by atoms with van der Waals surface area (Å²) in [6, 6.07) is 15.7. The van der Waals surface area contributed by atoms with Gasteiger partial charge in [0.15, 0.2) is 17.2 Å². The van der Waals surface area contributed by atoms with Crippen molar-refractivity contribution >= 4 is 187 Å². The van der Waals surface area contributed by atoms with Gasteiger partial charge >= 0.3 is 0 Å². The molecule has 0 aliphatic rings. The van der Waals surface area contributed by atoms with Gasteiger partial charge in [0, 0.05) is 76.0 Å². The highest BCUT2D eigenvalue weighted by atomic mass is 32.2. The number of fused-ring (bicyclic) bond motifs is 3. The summed E-state index contributed by atoms with van der Waals surface area (Å²) in [5, 5.41) is 121. The summed E-state index contributed by atoms with van der Waals surface area (Å²) in [6.07, 6.45) is 0.380. The first-order valence-corrected chi connectivity index (χ1v) is 39.0. The number of nitrogens with zero attached hydrogens (tertiary/aromatic N) is 11. The highest BCUT2D eigenvalue weighted by Gasteiger charge is 2.31. The number of benzene rings is 9. The lowest BCUT2D eigenvalue weighted by atomic mass is 10.0. The predicted molar refractivity (Wildman–Crippen MR) is 377 cm³/mol. The van der Waals surface area contributed by atoms with Crippen molar-refractivity contribution in [2.45, 2.75) is 63.0 Å². The Kier molecular flexibility index (Phi) is 26.0. The van der Waals surface area contributed by atoms with E-state index >= 15 is 0 Å².